The molecule has 1 amide bonds. The van der Waals surface area contributed by atoms with E-state index >= 15 is 0 Å². The average Bonchev–Trinajstić information content (AvgIpc) is 3.31. The van der Waals surface area contributed by atoms with Gasteiger partial charge in [0.2, 0.25) is 5.82 Å². The smallest absolute Gasteiger partial charge is 0.451 e. The topological polar surface area (TPSA) is 58.6 Å². The molecule has 3 heterocycles. The Kier molecular flexibility index (Phi) is 5.17. The van der Waals surface area contributed by atoms with Crippen LogP contribution in [0.4, 0.5) is 13.2 Å². The van der Waals surface area contributed by atoms with E-state index in [0.29, 0.717) is 6.54 Å². The Bertz CT molecular complexity index is 962. The number of carbonyl (C=O) groups excluding carboxylic acids is 1. The summed E-state index contributed by atoms with van der Waals surface area (Å²) in [6, 6.07) is 4.34. The molecule has 2 aromatic rings. The van der Waals surface area contributed by atoms with E-state index in [-0.39, 0.29) is 23.6 Å². The molecule has 2 saturated heterocycles. The van der Waals surface area contributed by atoms with Gasteiger partial charge in [0.25, 0.3) is 5.91 Å². The molecule has 0 spiro atoms. The second-order valence-electron chi connectivity index (χ2n) is 7.90. The lowest BCUT2D eigenvalue weighted by molar-refractivity contribution is -0.145. The molecule has 0 saturated carbocycles. The number of aromatic nitrogens is 2. The molecule has 0 N–H and O–H groups in total. The molecule has 160 valence electrons. The third kappa shape index (κ3) is 3.62. The van der Waals surface area contributed by atoms with E-state index in [1.165, 1.54) is 11.1 Å². The molecule has 1 aromatic heterocycles. The normalized spacial score (nSPS) is 21.3. The highest BCUT2D eigenvalue weighted by atomic mass is 19.4. The fraction of sp³-hybridized carbons (Fsp3) is 0.476. The quantitative estimate of drug-likeness (QED) is 0.760. The Morgan fingerprint density at radius 1 is 1.13 bits per heavy atom. The predicted molar refractivity (Wildman–Crippen MR) is 103 cm³/mol. The number of hydrogen-bond acceptors (Lipinski definition) is 5. The van der Waals surface area contributed by atoms with E-state index in [9.17, 15) is 18.0 Å². The highest BCUT2D eigenvalue weighted by molar-refractivity contribution is 5.94. The number of benzene rings is 1. The van der Waals surface area contributed by atoms with E-state index in [0.717, 1.165) is 43.2 Å². The van der Waals surface area contributed by atoms with Gasteiger partial charge in [-0.2, -0.15) is 13.2 Å². The van der Waals surface area contributed by atoms with Crippen molar-refractivity contribution in [1.82, 2.24) is 19.8 Å². The van der Waals surface area contributed by atoms with Crippen LogP contribution in [0.25, 0.3) is 0 Å². The first-order chi connectivity index (χ1) is 14.2. The number of alkyl halides is 3. The number of carbonyl (C=O) groups is 1. The number of hydrogen-bond donors (Lipinski definition) is 0. The van der Waals surface area contributed by atoms with Crippen molar-refractivity contribution in [2.24, 2.45) is 0 Å². The first kappa shape index (κ1) is 20.6. The molecule has 6 nitrogen and oxygen atoms in total. The van der Waals surface area contributed by atoms with Gasteiger partial charge < -0.3 is 9.64 Å². The van der Waals surface area contributed by atoms with E-state index in [2.05, 4.69) is 27.9 Å². The van der Waals surface area contributed by atoms with Crippen molar-refractivity contribution in [3.63, 3.8) is 0 Å². The van der Waals surface area contributed by atoms with Gasteiger partial charge in [0.1, 0.15) is 5.75 Å². The molecule has 2 aliphatic rings. The predicted octanol–water partition coefficient (Wildman–Crippen LogP) is 3.22. The number of methoxy groups -OCH3 is 1. The van der Waals surface area contributed by atoms with Gasteiger partial charge in [-0.1, -0.05) is 6.07 Å². The summed E-state index contributed by atoms with van der Waals surface area (Å²) in [7, 11) is 1.66. The number of likely N-dealkylation sites (tertiary alicyclic amines) is 2. The van der Waals surface area contributed by atoms with Crippen LogP contribution in [-0.4, -0.2) is 58.0 Å². The Morgan fingerprint density at radius 3 is 2.40 bits per heavy atom. The van der Waals surface area contributed by atoms with Gasteiger partial charge in [0.05, 0.1) is 12.7 Å². The fourth-order valence-corrected chi connectivity index (χ4v) is 4.41. The Labute approximate surface area is 172 Å². The minimum Gasteiger partial charge on any atom is -0.496 e. The summed E-state index contributed by atoms with van der Waals surface area (Å²) in [6.07, 6.45) is -1.83. The number of halogens is 3. The maximum atomic E-state index is 12.8. The molecule has 1 aromatic carbocycles. The number of piperazine rings is 1. The zero-order valence-corrected chi connectivity index (χ0v) is 17.0. The molecule has 30 heavy (non-hydrogen) atoms. The zero-order valence-electron chi connectivity index (χ0n) is 17.0. The van der Waals surface area contributed by atoms with Crippen LogP contribution in [0.15, 0.2) is 24.5 Å². The zero-order chi connectivity index (χ0) is 21.6. The van der Waals surface area contributed by atoms with Crippen LogP contribution in [0, 0.1) is 13.8 Å². The number of rotatable bonds is 4. The second-order valence-corrected chi connectivity index (χ2v) is 7.90. The van der Waals surface area contributed by atoms with E-state index in [1.54, 1.807) is 12.0 Å². The van der Waals surface area contributed by atoms with Gasteiger partial charge in [-0.3, -0.25) is 9.69 Å². The van der Waals surface area contributed by atoms with Gasteiger partial charge in [-0.05, 0) is 43.0 Å². The number of nitrogens with zero attached hydrogens (tertiary/aromatic N) is 4. The largest absolute Gasteiger partial charge is 0.496 e. The summed E-state index contributed by atoms with van der Waals surface area (Å²) in [4.78, 5) is 23.5. The van der Waals surface area contributed by atoms with Crippen molar-refractivity contribution in [3.8, 4) is 5.75 Å². The van der Waals surface area contributed by atoms with Crippen LogP contribution in [0.5, 0.6) is 5.75 Å². The molecule has 0 aliphatic carbocycles. The van der Waals surface area contributed by atoms with Crippen LogP contribution in [0.1, 0.15) is 39.3 Å². The lowest BCUT2D eigenvalue weighted by atomic mass is 10.0. The average molecular weight is 420 g/mol. The lowest BCUT2D eigenvalue weighted by Crippen LogP contribution is -2.48. The van der Waals surface area contributed by atoms with Crippen LogP contribution < -0.4 is 4.74 Å². The minimum absolute atomic E-state index is 0.0458. The Hall–Kier alpha value is -2.68. The summed E-state index contributed by atoms with van der Waals surface area (Å²) >= 11 is 0. The van der Waals surface area contributed by atoms with Crippen molar-refractivity contribution >= 4 is 5.91 Å². The highest BCUT2D eigenvalue weighted by Crippen LogP contribution is 2.34. The number of fused-ring (bicyclic) bond motifs is 2. The van der Waals surface area contributed by atoms with E-state index in [1.807, 2.05) is 13.0 Å². The molecular weight excluding hydrogens is 397 g/mol. The van der Waals surface area contributed by atoms with Crippen LogP contribution in [-0.2, 0) is 12.7 Å². The molecule has 0 radical (unpaired) electrons. The summed E-state index contributed by atoms with van der Waals surface area (Å²) in [5, 5.41) is 0. The monoisotopic (exact) mass is 420 g/mol. The van der Waals surface area contributed by atoms with E-state index in [4.69, 9.17) is 4.74 Å². The van der Waals surface area contributed by atoms with Crippen LogP contribution in [0.3, 0.4) is 0 Å². The number of amides is 1. The molecule has 9 heteroatoms. The first-order valence-electron chi connectivity index (χ1n) is 9.76. The van der Waals surface area contributed by atoms with Gasteiger partial charge in [0, 0.05) is 44.1 Å². The maximum Gasteiger partial charge on any atom is 0.451 e. The summed E-state index contributed by atoms with van der Waals surface area (Å²) in [6.45, 7) is 6.21. The molecular formula is C21H23F3N4O2. The molecule has 0 unspecified atom stereocenters. The van der Waals surface area contributed by atoms with Crippen molar-refractivity contribution in [3.05, 3.63) is 52.6 Å². The third-order valence-electron chi connectivity index (χ3n) is 6.21. The third-order valence-corrected chi connectivity index (χ3v) is 6.21. The standard InChI is InChI=1S/C21H23F3N4O2/c1-12-13(2)18(30-3)5-4-14(12)9-27-10-17-6-16(27)11-28(17)19(29)15-7-25-20(26-8-15)21(22,23)24/h4-5,7-8,16-17H,6,9-11H2,1-3H3/t16-,17-/m1/s1. The van der Waals surface area contributed by atoms with Crippen molar-refractivity contribution in [2.75, 3.05) is 20.2 Å². The minimum atomic E-state index is -4.62. The maximum absolute atomic E-state index is 12.8. The molecule has 2 bridgehead atoms. The van der Waals surface area contributed by atoms with Gasteiger partial charge >= 0.3 is 6.18 Å². The fourth-order valence-electron chi connectivity index (χ4n) is 4.41. The second kappa shape index (κ2) is 7.54. The van der Waals surface area contributed by atoms with E-state index < -0.39 is 12.0 Å². The summed E-state index contributed by atoms with van der Waals surface area (Å²) in [5.74, 6) is -0.680. The highest BCUT2D eigenvalue weighted by Gasteiger charge is 2.45. The van der Waals surface area contributed by atoms with Crippen molar-refractivity contribution in [2.45, 2.75) is 45.1 Å². The molecule has 2 fully saturated rings. The van der Waals surface area contributed by atoms with Gasteiger partial charge in [0.15, 0.2) is 0 Å². The Morgan fingerprint density at radius 2 is 1.83 bits per heavy atom. The molecule has 2 atom stereocenters. The Balaban J connectivity index is 1.42. The van der Waals surface area contributed by atoms with Crippen molar-refractivity contribution in [1.29, 1.82) is 0 Å². The molecule has 4 rings (SSSR count). The lowest BCUT2D eigenvalue weighted by Gasteiger charge is -2.34. The summed E-state index contributed by atoms with van der Waals surface area (Å²) < 4.78 is 43.3. The first-order valence-corrected chi connectivity index (χ1v) is 9.76. The van der Waals surface area contributed by atoms with Crippen LogP contribution >= 0.6 is 0 Å². The van der Waals surface area contributed by atoms with Crippen molar-refractivity contribution < 1.29 is 22.7 Å². The summed E-state index contributed by atoms with van der Waals surface area (Å²) in [5.41, 5.74) is 3.64. The van der Waals surface area contributed by atoms with Crippen LogP contribution in [0.2, 0.25) is 0 Å². The molecule has 2 aliphatic heterocycles. The number of ether oxygens (including phenoxy) is 1. The van der Waals surface area contributed by atoms with Gasteiger partial charge in [-0.15, -0.1) is 0 Å². The van der Waals surface area contributed by atoms with Gasteiger partial charge in [-0.25, -0.2) is 9.97 Å². The SMILES string of the molecule is COc1ccc(CN2C[C@H]3C[C@@H]2CN3C(=O)c2cnc(C(F)(F)F)nc2)c(C)c1C.